The van der Waals surface area contributed by atoms with Crippen molar-refractivity contribution in [2.75, 3.05) is 11.4 Å². The number of rotatable bonds is 2. The Kier molecular flexibility index (Phi) is 3.68. The molecule has 0 N–H and O–H groups in total. The highest BCUT2D eigenvalue weighted by molar-refractivity contribution is 5.79. The van der Waals surface area contributed by atoms with Crippen LogP contribution in [0, 0.1) is 5.92 Å². The molecule has 0 amide bonds. The van der Waals surface area contributed by atoms with Gasteiger partial charge in [0.05, 0.1) is 5.56 Å². The van der Waals surface area contributed by atoms with Crippen LogP contribution in [0.3, 0.4) is 0 Å². The molecule has 1 saturated carbocycles. The molecule has 0 radical (unpaired) electrons. The van der Waals surface area contributed by atoms with Crippen molar-refractivity contribution >= 4 is 12.0 Å². The molecule has 3 rings (SSSR count). The first-order chi connectivity index (χ1) is 10.0. The Morgan fingerprint density at radius 3 is 2.62 bits per heavy atom. The summed E-state index contributed by atoms with van der Waals surface area (Å²) in [4.78, 5) is 12.9. The Morgan fingerprint density at radius 1 is 1.14 bits per heavy atom. The van der Waals surface area contributed by atoms with Gasteiger partial charge in [-0.3, -0.25) is 4.79 Å². The van der Waals surface area contributed by atoms with Gasteiger partial charge in [0, 0.05) is 23.8 Å². The van der Waals surface area contributed by atoms with E-state index >= 15 is 0 Å². The van der Waals surface area contributed by atoms with Gasteiger partial charge in [-0.25, -0.2) is 0 Å². The third-order valence-corrected chi connectivity index (χ3v) is 4.81. The summed E-state index contributed by atoms with van der Waals surface area (Å²) in [6, 6.07) is 4.44. The van der Waals surface area contributed by atoms with Crippen LogP contribution in [0.15, 0.2) is 18.2 Å². The van der Waals surface area contributed by atoms with E-state index in [0.29, 0.717) is 17.6 Å². The molecule has 1 aliphatic heterocycles. The second-order valence-electron chi connectivity index (χ2n) is 5.98. The van der Waals surface area contributed by atoms with Crippen molar-refractivity contribution in [3.63, 3.8) is 0 Å². The first kappa shape index (κ1) is 14.4. The number of benzene rings is 1. The molecule has 2 aliphatic rings. The zero-order valence-corrected chi connectivity index (χ0v) is 11.7. The molecule has 21 heavy (non-hydrogen) atoms. The molecule has 1 saturated heterocycles. The Bertz CT molecular complexity index is 541. The number of alkyl halides is 3. The van der Waals surface area contributed by atoms with E-state index in [4.69, 9.17) is 0 Å². The van der Waals surface area contributed by atoms with Gasteiger partial charge in [0.1, 0.15) is 0 Å². The highest BCUT2D eigenvalue weighted by atomic mass is 19.4. The van der Waals surface area contributed by atoms with E-state index in [1.807, 2.05) is 0 Å². The Morgan fingerprint density at radius 2 is 1.90 bits per heavy atom. The molecule has 1 aromatic carbocycles. The zero-order valence-electron chi connectivity index (χ0n) is 11.7. The summed E-state index contributed by atoms with van der Waals surface area (Å²) in [6.45, 7) is 0.813. The fourth-order valence-electron chi connectivity index (χ4n) is 3.80. The molecular formula is C16H18F3NO. The number of carbonyl (C=O) groups excluding carboxylic acids is 1. The van der Waals surface area contributed by atoms with Gasteiger partial charge in [-0.05, 0) is 43.4 Å². The maximum Gasteiger partial charge on any atom is 0.417 e. The van der Waals surface area contributed by atoms with Crippen molar-refractivity contribution < 1.29 is 18.0 Å². The zero-order chi connectivity index (χ0) is 15.0. The average molecular weight is 297 g/mol. The summed E-state index contributed by atoms with van der Waals surface area (Å²) in [5, 5.41) is 0. The topological polar surface area (TPSA) is 20.3 Å². The van der Waals surface area contributed by atoms with Crippen LogP contribution < -0.4 is 4.90 Å². The van der Waals surface area contributed by atoms with Gasteiger partial charge in [-0.1, -0.05) is 12.8 Å². The van der Waals surface area contributed by atoms with E-state index in [-0.39, 0.29) is 11.8 Å². The van der Waals surface area contributed by atoms with Crippen LogP contribution in [-0.4, -0.2) is 18.9 Å². The van der Waals surface area contributed by atoms with Crippen molar-refractivity contribution in [3.05, 3.63) is 29.3 Å². The SMILES string of the molecule is O=Cc1ccc(N2CCC3CCCCC32)cc1C(F)(F)F. The minimum Gasteiger partial charge on any atom is -0.368 e. The molecule has 1 aliphatic carbocycles. The molecule has 2 nitrogen and oxygen atoms in total. The van der Waals surface area contributed by atoms with Crippen molar-refractivity contribution in [1.82, 2.24) is 0 Å². The Hall–Kier alpha value is -1.52. The van der Waals surface area contributed by atoms with E-state index in [1.54, 1.807) is 6.07 Å². The highest BCUT2D eigenvalue weighted by Gasteiger charge is 2.38. The van der Waals surface area contributed by atoms with Crippen LogP contribution in [0.4, 0.5) is 18.9 Å². The monoisotopic (exact) mass is 297 g/mol. The van der Waals surface area contributed by atoms with Gasteiger partial charge in [-0.2, -0.15) is 13.2 Å². The molecule has 114 valence electrons. The number of hydrogen-bond acceptors (Lipinski definition) is 2. The van der Waals surface area contributed by atoms with E-state index in [1.165, 1.54) is 18.9 Å². The largest absolute Gasteiger partial charge is 0.417 e. The first-order valence-corrected chi connectivity index (χ1v) is 7.44. The molecule has 1 heterocycles. The second-order valence-corrected chi connectivity index (χ2v) is 5.98. The smallest absolute Gasteiger partial charge is 0.368 e. The number of hydrogen-bond donors (Lipinski definition) is 0. The third kappa shape index (κ3) is 2.65. The number of nitrogens with zero attached hydrogens (tertiary/aromatic N) is 1. The van der Waals surface area contributed by atoms with Crippen LogP contribution in [0.1, 0.15) is 48.0 Å². The van der Waals surface area contributed by atoms with Crippen LogP contribution in [0.2, 0.25) is 0 Å². The fourth-order valence-corrected chi connectivity index (χ4v) is 3.80. The minimum absolute atomic E-state index is 0.278. The molecule has 0 spiro atoms. The normalized spacial score (nSPS) is 25.8. The number of halogens is 3. The van der Waals surface area contributed by atoms with Gasteiger partial charge in [-0.15, -0.1) is 0 Å². The summed E-state index contributed by atoms with van der Waals surface area (Å²) in [5.74, 6) is 0.610. The van der Waals surface area contributed by atoms with Crippen LogP contribution in [0.25, 0.3) is 0 Å². The van der Waals surface area contributed by atoms with Gasteiger partial charge in [0.2, 0.25) is 0 Å². The van der Waals surface area contributed by atoms with Crippen LogP contribution >= 0.6 is 0 Å². The molecule has 1 aromatic rings. The quantitative estimate of drug-likeness (QED) is 0.759. The summed E-state index contributed by atoms with van der Waals surface area (Å²) in [6.07, 6.45) is 1.46. The third-order valence-electron chi connectivity index (χ3n) is 4.81. The summed E-state index contributed by atoms with van der Waals surface area (Å²) < 4.78 is 39.2. The van der Waals surface area contributed by atoms with Crippen molar-refractivity contribution in [2.45, 2.75) is 44.3 Å². The number of anilines is 1. The lowest BCUT2D eigenvalue weighted by Gasteiger charge is -2.33. The minimum atomic E-state index is -4.49. The van der Waals surface area contributed by atoms with E-state index in [0.717, 1.165) is 31.9 Å². The van der Waals surface area contributed by atoms with E-state index in [2.05, 4.69) is 4.90 Å². The molecule has 2 atom stereocenters. The number of fused-ring (bicyclic) bond motifs is 1. The number of aldehydes is 1. The van der Waals surface area contributed by atoms with Crippen molar-refractivity contribution in [1.29, 1.82) is 0 Å². The van der Waals surface area contributed by atoms with Gasteiger partial charge in [0.25, 0.3) is 0 Å². The standard InChI is InChI=1S/C16H18F3NO/c17-16(18,19)14-9-13(6-5-12(14)10-21)20-8-7-11-3-1-2-4-15(11)20/h5-6,9-11,15H,1-4,7-8H2. The molecule has 2 unspecified atom stereocenters. The predicted molar refractivity (Wildman–Crippen MR) is 74.5 cm³/mol. The molecule has 2 fully saturated rings. The fraction of sp³-hybridized carbons (Fsp3) is 0.562. The van der Waals surface area contributed by atoms with E-state index < -0.39 is 11.7 Å². The van der Waals surface area contributed by atoms with Gasteiger partial charge >= 0.3 is 6.18 Å². The predicted octanol–water partition coefficient (Wildman–Crippen LogP) is 4.29. The lowest BCUT2D eigenvalue weighted by atomic mass is 9.85. The second kappa shape index (κ2) is 5.35. The molecular weight excluding hydrogens is 279 g/mol. The van der Waals surface area contributed by atoms with E-state index in [9.17, 15) is 18.0 Å². The van der Waals surface area contributed by atoms with Gasteiger partial charge < -0.3 is 4.90 Å². The maximum atomic E-state index is 13.1. The number of carbonyl (C=O) groups is 1. The summed E-state index contributed by atoms with van der Waals surface area (Å²) in [5.41, 5.74) is -0.512. The van der Waals surface area contributed by atoms with Crippen LogP contribution in [0.5, 0.6) is 0 Å². The Labute approximate surface area is 121 Å². The maximum absolute atomic E-state index is 13.1. The van der Waals surface area contributed by atoms with Gasteiger partial charge in [0.15, 0.2) is 6.29 Å². The highest BCUT2D eigenvalue weighted by Crippen LogP contribution is 2.41. The molecule has 0 aromatic heterocycles. The first-order valence-electron chi connectivity index (χ1n) is 7.44. The lowest BCUT2D eigenvalue weighted by Crippen LogP contribution is -2.34. The van der Waals surface area contributed by atoms with Crippen LogP contribution in [-0.2, 0) is 6.18 Å². The average Bonchev–Trinajstić information content (AvgIpc) is 2.89. The Balaban J connectivity index is 1.94. The van der Waals surface area contributed by atoms with Crippen molar-refractivity contribution in [3.8, 4) is 0 Å². The summed E-state index contributed by atoms with van der Waals surface area (Å²) in [7, 11) is 0. The lowest BCUT2D eigenvalue weighted by molar-refractivity contribution is -0.137. The van der Waals surface area contributed by atoms with Crippen molar-refractivity contribution in [2.24, 2.45) is 5.92 Å². The summed E-state index contributed by atoms with van der Waals surface area (Å²) >= 11 is 0. The molecule has 5 heteroatoms. The molecule has 0 bridgehead atoms.